The predicted molar refractivity (Wildman–Crippen MR) is 90.6 cm³/mol. The maximum atomic E-state index is 12.2. The predicted octanol–water partition coefficient (Wildman–Crippen LogP) is 1.46. The second-order valence-corrected chi connectivity index (χ2v) is 7.31. The highest BCUT2D eigenvalue weighted by atomic mass is 32.2. The van der Waals surface area contributed by atoms with Crippen molar-refractivity contribution < 1.29 is 13.2 Å². The molecule has 0 unspecified atom stereocenters. The SMILES string of the molecule is CCCc1ccc(S(=O)(=O)NNC(=O)Cn2nc(C)cc2C)cc1. The van der Waals surface area contributed by atoms with Gasteiger partial charge in [0.15, 0.2) is 0 Å². The highest BCUT2D eigenvalue weighted by Gasteiger charge is 2.15. The summed E-state index contributed by atoms with van der Waals surface area (Å²) in [6.45, 7) is 5.66. The van der Waals surface area contributed by atoms with Gasteiger partial charge >= 0.3 is 0 Å². The van der Waals surface area contributed by atoms with Crippen LogP contribution in [-0.4, -0.2) is 24.1 Å². The number of carbonyl (C=O) groups excluding carboxylic acids is 1. The number of aryl methyl sites for hydroxylation is 3. The number of hydrogen-bond acceptors (Lipinski definition) is 4. The Balaban J connectivity index is 1.96. The fraction of sp³-hybridized carbons (Fsp3) is 0.375. The highest BCUT2D eigenvalue weighted by Crippen LogP contribution is 2.11. The van der Waals surface area contributed by atoms with Crippen LogP contribution in [0.5, 0.6) is 0 Å². The van der Waals surface area contributed by atoms with Crippen LogP contribution >= 0.6 is 0 Å². The van der Waals surface area contributed by atoms with E-state index in [9.17, 15) is 13.2 Å². The molecule has 0 atom stereocenters. The minimum Gasteiger partial charge on any atom is -0.276 e. The number of aromatic nitrogens is 2. The second-order valence-electron chi connectivity index (χ2n) is 5.63. The molecule has 1 aromatic heterocycles. The summed E-state index contributed by atoms with van der Waals surface area (Å²) < 4.78 is 25.9. The zero-order valence-electron chi connectivity index (χ0n) is 14.0. The lowest BCUT2D eigenvalue weighted by Gasteiger charge is -2.10. The zero-order valence-corrected chi connectivity index (χ0v) is 14.9. The molecule has 0 radical (unpaired) electrons. The molecule has 7 nitrogen and oxygen atoms in total. The Morgan fingerprint density at radius 1 is 1.21 bits per heavy atom. The summed E-state index contributed by atoms with van der Waals surface area (Å²) in [5, 5.41) is 4.16. The molecule has 8 heteroatoms. The van der Waals surface area contributed by atoms with E-state index in [0.29, 0.717) is 0 Å². The van der Waals surface area contributed by atoms with Crippen molar-refractivity contribution in [2.24, 2.45) is 0 Å². The van der Waals surface area contributed by atoms with Gasteiger partial charge in [-0.25, -0.2) is 8.42 Å². The normalized spacial score (nSPS) is 11.5. The summed E-state index contributed by atoms with van der Waals surface area (Å²) >= 11 is 0. The number of carbonyl (C=O) groups is 1. The van der Waals surface area contributed by atoms with Crippen molar-refractivity contribution in [3.05, 3.63) is 47.3 Å². The molecule has 0 fully saturated rings. The quantitative estimate of drug-likeness (QED) is 0.740. The Labute approximate surface area is 142 Å². The smallest absolute Gasteiger partial charge is 0.257 e. The third-order valence-corrected chi connectivity index (χ3v) is 4.76. The average molecular weight is 350 g/mol. The van der Waals surface area contributed by atoms with E-state index in [1.165, 1.54) is 16.8 Å². The summed E-state index contributed by atoms with van der Waals surface area (Å²) in [5.41, 5.74) is 4.91. The van der Waals surface area contributed by atoms with Gasteiger partial charge in [0.2, 0.25) is 0 Å². The lowest BCUT2D eigenvalue weighted by molar-refractivity contribution is -0.122. The Bertz CT molecular complexity index is 810. The van der Waals surface area contributed by atoms with Crippen LogP contribution in [0.15, 0.2) is 35.2 Å². The first-order chi connectivity index (χ1) is 11.3. The first kappa shape index (κ1) is 18.2. The van der Waals surface area contributed by atoms with E-state index in [2.05, 4.69) is 22.3 Å². The number of sulfonamides is 1. The number of amides is 1. The second kappa shape index (κ2) is 7.59. The van der Waals surface area contributed by atoms with Gasteiger partial charge in [-0.3, -0.25) is 14.9 Å². The summed E-state index contributed by atoms with van der Waals surface area (Å²) in [5.74, 6) is -0.493. The molecule has 2 aromatic rings. The van der Waals surface area contributed by atoms with Gasteiger partial charge in [0.25, 0.3) is 15.9 Å². The van der Waals surface area contributed by atoms with Crippen LogP contribution in [0.25, 0.3) is 0 Å². The molecule has 0 aliphatic rings. The van der Waals surface area contributed by atoms with Crippen molar-refractivity contribution in [1.29, 1.82) is 0 Å². The standard InChI is InChI=1S/C16H22N4O3S/c1-4-5-14-6-8-15(9-7-14)24(22,23)19-17-16(21)11-20-13(3)10-12(2)18-20/h6-10,19H,4-5,11H2,1-3H3,(H,17,21). The van der Waals surface area contributed by atoms with Gasteiger partial charge in [-0.2, -0.15) is 5.10 Å². The molecule has 1 heterocycles. The van der Waals surface area contributed by atoms with E-state index in [-0.39, 0.29) is 11.4 Å². The molecule has 0 aliphatic heterocycles. The van der Waals surface area contributed by atoms with E-state index in [0.717, 1.165) is 29.8 Å². The van der Waals surface area contributed by atoms with Gasteiger partial charge in [0, 0.05) is 5.69 Å². The molecule has 0 saturated carbocycles. The number of rotatable bonds is 7. The number of nitrogens with one attached hydrogen (secondary N) is 2. The van der Waals surface area contributed by atoms with Gasteiger partial charge < -0.3 is 0 Å². The zero-order chi connectivity index (χ0) is 17.7. The molecule has 0 aliphatic carbocycles. The fourth-order valence-corrected chi connectivity index (χ4v) is 3.18. The number of benzene rings is 1. The lowest BCUT2D eigenvalue weighted by atomic mass is 10.1. The molecule has 0 saturated heterocycles. The van der Waals surface area contributed by atoms with E-state index >= 15 is 0 Å². The molecule has 0 spiro atoms. The maximum Gasteiger partial charge on any atom is 0.257 e. The molecule has 24 heavy (non-hydrogen) atoms. The highest BCUT2D eigenvalue weighted by molar-refractivity contribution is 7.89. The average Bonchev–Trinajstić information content (AvgIpc) is 2.84. The molecule has 0 bridgehead atoms. The minimum absolute atomic E-state index is 0.0579. The van der Waals surface area contributed by atoms with Crippen LogP contribution in [0, 0.1) is 13.8 Å². The molecule has 2 rings (SSSR count). The molecular formula is C16H22N4O3S. The van der Waals surface area contributed by atoms with Crippen molar-refractivity contribution in [3.8, 4) is 0 Å². The van der Waals surface area contributed by atoms with Crippen molar-refractivity contribution in [3.63, 3.8) is 0 Å². The summed E-state index contributed by atoms with van der Waals surface area (Å²) in [6.07, 6.45) is 1.89. The molecule has 2 N–H and O–H groups in total. The topological polar surface area (TPSA) is 93.1 Å². The van der Waals surface area contributed by atoms with Crippen molar-refractivity contribution in [2.45, 2.75) is 45.1 Å². The Kier molecular flexibility index (Phi) is 5.74. The van der Waals surface area contributed by atoms with Crippen LogP contribution in [0.3, 0.4) is 0 Å². The van der Waals surface area contributed by atoms with Crippen molar-refractivity contribution in [2.75, 3.05) is 0 Å². The maximum absolute atomic E-state index is 12.2. The first-order valence-corrected chi connectivity index (χ1v) is 9.21. The largest absolute Gasteiger partial charge is 0.276 e. The number of hydrogen-bond donors (Lipinski definition) is 2. The molecule has 1 amide bonds. The number of nitrogens with zero attached hydrogens (tertiary/aromatic N) is 2. The van der Waals surface area contributed by atoms with Crippen LogP contribution in [0.1, 0.15) is 30.3 Å². The summed E-state index contributed by atoms with van der Waals surface area (Å²) in [7, 11) is -3.80. The van der Waals surface area contributed by atoms with Crippen LogP contribution in [0.2, 0.25) is 0 Å². The third-order valence-electron chi connectivity index (χ3n) is 3.49. The van der Waals surface area contributed by atoms with E-state index in [1.807, 2.05) is 19.9 Å². The first-order valence-electron chi connectivity index (χ1n) is 7.72. The summed E-state index contributed by atoms with van der Waals surface area (Å²) in [6, 6.07) is 8.45. The van der Waals surface area contributed by atoms with E-state index in [1.54, 1.807) is 12.1 Å². The van der Waals surface area contributed by atoms with Crippen LogP contribution in [0.4, 0.5) is 0 Å². The van der Waals surface area contributed by atoms with Gasteiger partial charge in [-0.1, -0.05) is 25.5 Å². The van der Waals surface area contributed by atoms with Crippen molar-refractivity contribution >= 4 is 15.9 Å². The number of hydrazine groups is 1. The Hall–Kier alpha value is -2.19. The molecule has 130 valence electrons. The minimum atomic E-state index is -3.80. The van der Waals surface area contributed by atoms with E-state index < -0.39 is 15.9 Å². The monoisotopic (exact) mass is 350 g/mol. The lowest BCUT2D eigenvalue weighted by Crippen LogP contribution is -2.43. The van der Waals surface area contributed by atoms with Gasteiger partial charge in [0.1, 0.15) is 6.54 Å². The Morgan fingerprint density at radius 2 is 1.88 bits per heavy atom. The molecular weight excluding hydrogens is 328 g/mol. The fourth-order valence-electron chi connectivity index (χ4n) is 2.32. The van der Waals surface area contributed by atoms with E-state index in [4.69, 9.17) is 0 Å². The van der Waals surface area contributed by atoms with Crippen molar-refractivity contribution in [1.82, 2.24) is 20.0 Å². The van der Waals surface area contributed by atoms with Gasteiger partial charge in [0.05, 0.1) is 10.6 Å². The third kappa shape index (κ3) is 4.65. The van der Waals surface area contributed by atoms with Crippen LogP contribution in [-0.2, 0) is 27.8 Å². The summed E-state index contributed by atoms with van der Waals surface area (Å²) in [4.78, 5) is 14.1. The van der Waals surface area contributed by atoms with Gasteiger partial charge in [-0.15, -0.1) is 4.83 Å². The van der Waals surface area contributed by atoms with Gasteiger partial charge in [-0.05, 0) is 44.0 Å². The van der Waals surface area contributed by atoms with Crippen LogP contribution < -0.4 is 10.3 Å². The molecule has 1 aromatic carbocycles. The Morgan fingerprint density at radius 3 is 2.42 bits per heavy atom.